The van der Waals surface area contributed by atoms with E-state index in [1.165, 1.54) is 21.2 Å². The van der Waals surface area contributed by atoms with Crippen molar-refractivity contribution in [1.29, 1.82) is 0 Å². The quantitative estimate of drug-likeness (QED) is 0.170. The van der Waals surface area contributed by atoms with Crippen molar-refractivity contribution >= 4 is 46.1 Å². The van der Waals surface area contributed by atoms with Crippen molar-refractivity contribution in [2.45, 2.75) is 111 Å². The number of carbonyl (C=O) groups excluding carboxylic acids is 4. The minimum Gasteiger partial charge on any atom is -0.462 e. The summed E-state index contributed by atoms with van der Waals surface area (Å²) in [6.07, 6.45) is 2.29. The zero-order valence-corrected chi connectivity index (χ0v) is 39.6. The van der Waals surface area contributed by atoms with E-state index in [0.29, 0.717) is 36.8 Å². The first-order valence-corrected chi connectivity index (χ1v) is 23.2. The number of aromatic nitrogens is 3. The average Bonchev–Trinajstić information content (AvgIpc) is 3.85. The third-order valence-corrected chi connectivity index (χ3v) is 14.0. The molecule has 3 aliphatic heterocycles. The highest BCUT2D eigenvalue weighted by Crippen LogP contribution is 2.42. The molecular formula is C47H64N8O8S. The first-order valence-electron chi connectivity index (χ1n) is 22.3. The minimum atomic E-state index is -2.21. The normalized spacial score (nSPS) is 22.1. The van der Waals surface area contributed by atoms with Crippen molar-refractivity contribution < 1.29 is 38.5 Å². The molecule has 2 fully saturated rings. The van der Waals surface area contributed by atoms with Gasteiger partial charge in [-0.2, -0.15) is 5.43 Å². The van der Waals surface area contributed by atoms with Crippen LogP contribution in [0.2, 0.25) is 0 Å². The lowest BCUT2D eigenvalue weighted by molar-refractivity contribution is -0.189. The summed E-state index contributed by atoms with van der Waals surface area (Å²) < 4.78 is 19.5. The molecule has 17 heteroatoms. The molecule has 4 amide bonds. The van der Waals surface area contributed by atoms with Gasteiger partial charge in [-0.15, -0.1) is 11.3 Å². The molecule has 4 aromatic rings. The van der Waals surface area contributed by atoms with Crippen molar-refractivity contribution in [2.75, 3.05) is 47.5 Å². The van der Waals surface area contributed by atoms with Crippen LogP contribution < -0.4 is 10.7 Å². The highest BCUT2D eigenvalue weighted by atomic mass is 32.1. The van der Waals surface area contributed by atoms with Crippen LogP contribution >= 0.6 is 11.3 Å². The summed E-state index contributed by atoms with van der Waals surface area (Å²) in [6, 6.07) is 7.92. The van der Waals surface area contributed by atoms with E-state index in [-0.39, 0.29) is 62.5 Å². The Bertz CT molecular complexity index is 2370. The molecule has 6 heterocycles. The minimum absolute atomic E-state index is 0.00398. The number of hydrogen-bond donors (Lipinski definition) is 3. The van der Waals surface area contributed by atoms with E-state index in [1.54, 1.807) is 32.4 Å². The van der Waals surface area contributed by atoms with Crippen LogP contribution in [0.25, 0.3) is 33.4 Å². The van der Waals surface area contributed by atoms with E-state index < -0.39 is 41.0 Å². The van der Waals surface area contributed by atoms with Gasteiger partial charge < -0.3 is 39.0 Å². The molecular weight excluding hydrogens is 837 g/mol. The SMILES string of the molecule is CCn1c(-c2cccnc2[C@H](C)OC)c2c3cc(ccc31)-c1csc(n1)C[C@H](NC(=O)[C@H](C(C)C)N(C)C(=O)N1CC([C@@H](C)OC)C1)C(=O)N1CCC[C@@](O)(N1)C(=O)OCC(C)(C)C2. The van der Waals surface area contributed by atoms with Crippen LogP contribution in [0.3, 0.4) is 0 Å². The second-order valence-electron chi connectivity index (χ2n) is 18.7. The van der Waals surface area contributed by atoms with Crippen molar-refractivity contribution in [3.63, 3.8) is 0 Å². The van der Waals surface area contributed by atoms with Crippen LogP contribution in [0.15, 0.2) is 41.9 Å². The smallest absolute Gasteiger partial charge is 0.355 e. The van der Waals surface area contributed by atoms with Crippen molar-refractivity contribution in [3.8, 4) is 22.5 Å². The summed E-state index contributed by atoms with van der Waals surface area (Å²) in [5, 5.41) is 19.6. The van der Waals surface area contributed by atoms with Crippen molar-refractivity contribution in [1.82, 2.24) is 40.1 Å². The molecule has 1 aromatic carbocycles. The van der Waals surface area contributed by atoms with Gasteiger partial charge in [0.25, 0.3) is 5.91 Å². The third-order valence-electron chi connectivity index (χ3n) is 13.1. The lowest BCUT2D eigenvalue weighted by atomic mass is 9.84. The summed E-state index contributed by atoms with van der Waals surface area (Å²) in [6.45, 7) is 15.6. The number of nitrogens with one attached hydrogen (secondary N) is 2. The molecule has 3 aliphatic rings. The zero-order chi connectivity index (χ0) is 46.2. The standard InChI is InChI=1S/C47H64N8O8S/c1-11-54-37-16-15-30-20-33(37)34(41(54)32-14-12-18-48-39(32)29(5)62-10)22-46(6,7)26-63-44(58)47(60)17-13-19-55(51-47)43(57)35(21-38-49-36(30)25-64-38)50-42(56)40(27(2)3)52(8)45(59)53-23-31(24-53)28(4)61-9/h12,14-16,18,20,25,27-29,31,35,40,51,60H,11,13,17,19,21-24,26H2,1-10H3,(H,50,56)/t28-,29+,35+,40+,47+/m1/s1. The topological polar surface area (TPSA) is 181 Å². The second-order valence-corrected chi connectivity index (χ2v) is 19.6. The number of benzene rings is 1. The van der Waals surface area contributed by atoms with Crippen LogP contribution in [-0.4, -0.2) is 130 Å². The number of nitrogens with zero attached hydrogens (tertiary/aromatic N) is 6. The van der Waals surface area contributed by atoms with Gasteiger partial charge in [-0.1, -0.05) is 33.8 Å². The predicted octanol–water partition coefficient (Wildman–Crippen LogP) is 5.57. The number of esters is 1. The average molecular weight is 901 g/mol. The van der Waals surface area contributed by atoms with E-state index in [0.717, 1.165) is 39.0 Å². The van der Waals surface area contributed by atoms with Crippen LogP contribution in [0.4, 0.5) is 4.79 Å². The molecule has 16 nitrogen and oxygen atoms in total. The van der Waals surface area contributed by atoms with Gasteiger partial charge in [0.15, 0.2) is 0 Å². The lowest BCUT2D eigenvalue weighted by Gasteiger charge is -2.45. The van der Waals surface area contributed by atoms with Gasteiger partial charge in [-0.3, -0.25) is 19.6 Å². The number of fused-ring (bicyclic) bond motifs is 6. The molecule has 3 aromatic heterocycles. The van der Waals surface area contributed by atoms with Gasteiger partial charge in [0.1, 0.15) is 12.1 Å². The number of likely N-dealkylation sites (N-methyl/N-ethyl adjacent to an activating group) is 1. The highest BCUT2D eigenvalue weighted by Gasteiger charge is 2.46. The third kappa shape index (κ3) is 9.27. The van der Waals surface area contributed by atoms with Crippen molar-refractivity contribution in [2.24, 2.45) is 17.3 Å². The Kier molecular flexibility index (Phi) is 13.9. The fourth-order valence-electron chi connectivity index (χ4n) is 9.29. The summed E-state index contributed by atoms with van der Waals surface area (Å²) in [5.41, 5.74) is 6.35. The predicted molar refractivity (Wildman–Crippen MR) is 244 cm³/mol. The Balaban J connectivity index is 1.28. The number of aliphatic hydroxyl groups is 1. The molecule has 3 N–H and O–H groups in total. The second kappa shape index (κ2) is 18.9. The number of urea groups is 1. The lowest BCUT2D eigenvalue weighted by Crippen LogP contribution is -2.67. The number of carbonyl (C=O) groups is 4. The van der Waals surface area contributed by atoms with Crippen molar-refractivity contribution in [3.05, 3.63) is 58.2 Å². The number of rotatable bonds is 10. The van der Waals surface area contributed by atoms with Gasteiger partial charge in [0.2, 0.25) is 11.6 Å². The molecule has 346 valence electrons. The Morgan fingerprint density at radius 3 is 2.56 bits per heavy atom. The summed E-state index contributed by atoms with van der Waals surface area (Å²) in [5.74, 6) is -2.09. The number of thiazole rings is 1. The van der Waals surface area contributed by atoms with Gasteiger partial charge in [-0.25, -0.2) is 14.6 Å². The maximum atomic E-state index is 14.6. The molecule has 5 atom stereocenters. The molecule has 0 saturated carbocycles. The van der Waals surface area contributed by atoms with E-state index in [2.05, 4.69) is 40.4 Å². The first-order chi connectivity index (χ1) is 30.4. The Morgan fingerprint density at radius 1 is 1.12 bits per heavy atom. The number of cyclic esters (lactones) is 1. The zero-order valence-electron chi connectivity index (χ0n) is 38.8. The molecule has 64 heavy (non-hydrogen) atoms. The molecule has 0 radical (unpaired) electrons. The maximum Gasteiger partial charge on any atom is 0.355 e. The van der Waals surface area contributed by atoms with E-state index in [1.807, 2.05) is 59.1 Å². The monoisotopic (exact) mass is 900 g/mol. The van der Waals surface area contributed by atoms with Gasteiger partial charge >= 0.3 is 12.0 Å². The molecule has 0 aliphatic carbocycles. The van der Waals surface area contributed by atoms with Crippen LogP contribution in [-0.2, 0) is 48.0 Å². The highest BCUT2D eigenvalue weighted by molar-refractivity contribution is 7.10. The summed E-state index contributed by atoms with van der Waals surface area (Å²) in [4.78, 5) is 69.5. The number of amides is 4. The molecule has 6 bridgehead atoms. The molecule has 0 spiro atoms. The number of hydrogen-bond acceptors (Lipinski definition) is 12. The summed E-state index contributed by atoms with van der Waals surface area (Å²) in [7, 11) is 4.92. The Labute approximate surface area is 379 Å². The van der Waals surface area contributed by atoms with Crippen LogP contribution in [0.1, 0.15) is 83.7 Å². The van der Waals surface area contributed by atoms with E-state index >= 15 is 0 Å². The number of pyridine rings is 1. The molecule has 2 saturated heterocycles. The van der Waals surface area contributed by atoms with Crippen LogP contribution in [0.5, 0.6) is 0 Å². The van der Waals surface area contributed by atoms with Crippen LogP contribution in [0, 0.1) is 17.3 Å². The van der Waals surface area contributed by atoms with Gasteiger partial charge in [-0.05, 0) is 69.4 Å². The van der Waals surface area contributed by atoms with Gasteiger partial charge in [0, 0.05) is 105 Å². The molecule has 0 unspecified atom stereocenters. The number of aryl methyl sites for hydroxylation is 1. The fraction of sp³-hybridized carbons (Fsp3) is 0.574. The van der Waals surface area contributed by atoms with E-state index in [4.69, 9.17) is 24.2 Å². The Morgan fingerprint density at radius 2 is 1.88 bits per heavy atom. The Hall–Kier alpha value is -4.94. The number of hydrazine groups is 1. The maximum absolute atomic E-state index is 14.6. The molecule has 7 rings (SSSR count). The number of methoxy groups -OCH3 is 2. The van der Waals surface area contributed by atoms with Gasteiger partial charge in [0.05, 0.1) is 40.9 Å². The number of likely N-dealkylation sites (tertiary alicyclic amines) is 1. The first kappa shape index (κ1) is 47.0. The largest absolute Gasteiger partial charge is 0.462 e. The number of ether oxygens (including phenoxy) is 3. The fourth-order valence-corrected chi connectivity index (χ4v) is 10.1. The summed E-state index contributed by atoms with van der Waals surface area (Å²) >= 11 is 1.37. The van der Waals surface area contributed by atoms with E-state index in [9.17, 15) is 24.3 Å².